The largest absolute Gasteiger partial charge is 0.320 e. The molecule has 3 aromatic rings. The molecular weight excluding hydrogens is 287 g/mol. The lowest BCUT2D eigenvalue weighted by Crippen LogP contribution is -2.10. The molecule has 0 spiro atoms. The maximum absolute atomic E-state index is 13.7. The van der Waals surface area contributed by atoms with E-state index in [0.717, 1.165) is 4.70 Å². The highest BCUT2D eigenvalue weighted by Gasteiger charge is 2.10. The molecule has 0 bridgehead atoms. The molecular formula is C16H11FN2OS. The van der Waals surface area contributed by atoms with Crippen molar-refractivity contribution < 1.29 is 4.39 Å². The van der Waals surface area contributed by atoms with E-state index in [0.29, 0.717) is 11.1 Å². The van der Waals surface area contributed by atoms with Gasteiger partial charge in [0.15, 0.2) is 0 Å². The van der Waals surface area contributed by atoms with E-state index < -0.39 is 5.82 Å². The highest BCUT2D eigenvalue weighted by atomic mass is 32.1. The van der Waals surface area contributed by atoms with E-state index >= 15 is 0 Å². The van der Waals surface area contributed by atoms with Crippen LogP contribution in [0.5, 0.6) is 0 Å². The minimum Gasteiger partial charge on any atom is -0.320 e. The summed E-state index contributed by atoms with van der Waals surface area (Å²) >= 11 is 1.32. The Labute approximate surface area is 124 Å². The first-order valence-corrected chi connectivity index (χ1v) is 7.08. The van der Waals surface area contributed by atoms with Crippen LogP contribution in [-0.4, -0.2) is 10.5 Å². The summed E-state index contributed by atoms with van der Waals surface area (Å²) < 4.78 is 16.1. The van der Waals surface area contributed by atoms with Crippen LogP contribution in [0.15, 0.2) is 47.3 Å². The van der Waals surface area contributed by atoms with E-state index in [1.807, 2.05) is 18.2 Å². The molecule has 3 nitrogen and oxygen atoms in total. The second-order valence-electron chi connectivity index (χ2n) is 4.36. The number of halogens is 1. The van der Waals surface area contributed by atoms with E-state index in [9.17, 15) is 9.18 Å². The molecule has 21 heavy (non-hydrogen) atoms. The molecule has 2 N–H and O–H groups in total. The van der Waals surface area contributed by atoms with Crippen molar-refractivity contribution in [2.24, 2.45) is 5.73 Å². The Morgan fingerprint density at radius 1 is 1.24 bits per heavy atom. The molecule has 1 aromatic heterocycles. The molecule has 0 radical (unpaired) electrons. The minimum atomic E-state index is -0.422. The zero-order valence-corrected chi connectivity index (χ0v) is 11.8. The number of rotatable bonds is 1. The van der Waals surface area contributed by atoms with E-state index in [1.54, 1.807) is 18.2 Å². The van der Waals surface area contributed by atoms with Gasteiger partial charge in [-0.05, 0) is 30.3 Å². The topological polar surface area (TPSA) is 48.0 Å². The lowest BCUT2D eigenvalue weighted by molar-refractivity contribution is 0.624. The van der Waals surface area contributed by atoms with E-state index in [4.69, 9.17) is 5.73 Å². The number of nitrogens with zero attached hydrogens (tertiary/aromatic N) is 1. The summed E-state index contributed by atoms with van der Waals surface area (Å²) in [6.07, 6.45) is 0. The maximum atomic E-state index is 13.7. The van der Waals surface area contributed by atoms with Gasteiger partial charge in [0, 0.05) is 0 Å². The van der Waals surface area contributed by atoms with Crippen LogP contribution in [0.3, 0.4) is 0 Å². The monoisotopic (exact) mass is 298 g/mol. The summed E-state index contributed by atoms with van der Waals surface area (Å²) in [6.45, 7) is 0.159. The second kappa shape index (κ2) is 5.52. The van der Waals surface area contributed by atoms with E-state index in [2.05, 4.69) is 11.8 Å². The van der Waals surface area contributed by atoms with E-state index in [1.165, 1.54) is 21.6 Å². The number of benzene rings is 2. The molecule has 0 saturated carbocycles. The fourth-order valence-corrected chi connectivity index (χ4v) is 3.01. The lowest BCUT2D eigenvalue weighted by Gasteiger charge is -2.02. The van der Waals surface area contributed by atoms with Crippen LogP contribution in [0.25, 0.3) is 15.8 Å². The van der Waals surface area contributed by atoms with E-state index in [-0.39, 0.29) is 17.7 Å². The predicted octanol–water partition coefficient (Wildman–Crippen LogP) is 2.50. The molecule has 104 valence electrons. The Hall–Kier alpha value is -2.42. The van der Waals surface area contributed by atoms with Gasteiger partial charge in [-0.2, -0.15) is 0 Å². The maximum Gasteiger partial charge on any atom is 0.273 e. The summed E-state index contributed by atoms with van der Waals surface area (Å²) in [5, 5.41) is 0.654. The average Bonchev–Trinajstić information content (AvgIpc) is 2.84. The van der Waals surface area contributed by atoms with Crippen LogP contribution >= 0.6 is 11.5 Å². The molecule has 0 saturated heterocycles. The number of hydrogen-bond acceptors (Lipinski definition) is 3. The van der Waals surface area contributed by atoms with Gasteiger partial charge in [-0.1, -0.05) is 35.5 Å². The van der Waals surface area contributed by atoms with Crippen LogP contribution in [0, 0.1) is 17.7 Å². The molecule has 0 amide bonds. The van der Waals surface area contributed by atoms with Crippen LogP contribution < -0.4 is 11.3 Å². The van der Waals surface area contributed by atoms with Crippen molar-refractivity contribution in [1.29, 1.82) is 0 Å². The smallest absolute Gasteiger partial charge is 0.273 e. The number of aromatic nitrogens is 1. The number of fused-ring (bicyclic) bond motifs is 1. The summed E-state index contributed by atoms with van der Waals surface area (Å²) in [7, 11) is 0. The van der Waals surface area contributed by atoms with Crippen molar-refractivity contribution >= 4 is 21.6 Å². The highest BCUT2D eigenvalue weighted by molar-refractivity contribution is 7.14. The highest BCUT2D eigenvalue weighted by Crippen LogP contribution is 2.21. The Morgan fingerprint density at radius 3 is 2.81 bits per heavy atom. The third-order valence-corrected chi connectivity index (χ3v) is 4.11. The predicted molar refractivity (Wildman–Crippen MR) is 83.3 cm³/mol. The first kappa shape index (κ1) is 13.6. The van der Waals surface area contributed by atoms with Crippen molar-refractivity contribution in [1.82, 2.24) is 3.96 Å². The number of nitrogens with two attached hydrogens (primary N) is 1. The van der Waals surface area contributed by atoms with Crippen molar-refractivity contribution in [3.8, 4) is 17.5 Å². The zero-order chi connectivity index (χ0) is 14.8. The molecule has 5 heteroatoms. The summed E-state index contributed by atoms with van der Waals surface area (Å²) in [6, 6.07) is 11.8. The van der Waals surface area contributed by atoms with Gasteiger partial charge in [-0.15, -0.1) is 0 Å². The lowest BCUT2D eigenvalue weighted by atomic mass is 10.2. The van der Waals surface area contributed by atoms with Crippen molar-refractivity contribution in [2.45, 2.75) is 0 Å². The SMILES string of the molecule is NCC#Cc1cc(-n2sc3ccccc3c2=O)ccc1F. The molecule has 0 atom stereocenters. The molecule has 3 rings (SSSR count). The Kier molecular flexibility index (Phi) is 3.57. The standard InChI is InChI=1S/C16H11FN2OS/c17-14-8-7-12(10-11(14)4-3-9-18)19-16(20)13-5-1-2-6-15(13)21-19/h1-2,5-8,10H,9,18H2. The van der Waals surface area contributed by atoms with Crippen molar-refractivity contribution in [3.05, 3.63) is 64.2 Å². The molecule has 1 heterocycles. The average molecular weight is 298 g/mol. The summed E-state index contributed by atoms with van der Waals surface area (Å²) in [4.78, 5) is 12.4. The Balaban J connectivity index is 2.19. The molecule has 0 aliphatic carbocycles. The van der Waals surface area contributed by atoms with Gasteiger partial charge in [0.25, 0.3) is 5.56 Å². The Morgan fingerprint density at radius 2 is 2.05 bits per heavy atom. The van der Waals surface area contributed by atoms with Gasteiger partial charge >= 0.3 is 0 Å². The van der Waals surface area contributed by atoms with Crippen LogP contribution in [0.1, 0.15) is 5.56 Å². The van der Waals surface area contributed by atoms with Gasteiger partial charge in [-0.25, -0.2) is 8.35 Å². The quantitative estimate of drug-likeness (QED) is 0.702. The normalized spacial score (nSPS) is 10.4. The molecule has 0 fully saturated rings. The number of hydrogen-bond donors (Lipinski definition) is 1. The Bertz CT molecular complexity index is 931. The van der Waals surface area contributed by atoms with Gasteiger partial charge < -0.3 is 5.73 Å². The van der Waals surface area contributed by atoms with Crippen molar-refractivity contribution in [3.63, 3.8) is 0 Å². The minimum absolute atomic E-state index is 0.111. The van der Waals surface area contributed by atoms with Crippen LogP contribution in [0.2, 0.25) is 0 Å². The first-order valence-electron chi connectivity index (χ1n) is 6.30. The van der Waals surface area contributed by atoms with Crippen LogP contribution in [0.4, 0.5) is 4.39 Å². The fraction of sp³-hybridized carbons (Fsp3) is 0.0625. The molecule has 2 aromatic carbocycles. The molecule has 0 unspecified atom stereocenters. The molecule has 0 aliphatic heterocycles. The first-order chi connectivity index (χ1) is 10.2. The van der Waals surface area contributed by atoms with Gasteiger partial charge in [0.2, 0.25) is 0 Å². The summed E-state index contributed by atoms with van der Waals surface area (Å²) in [5.74, 6) is 4.87. The third kappa shape index (κ3) is 2.47. The second-order valence-corrected chi connectivity index (χ2v) is 5.34. The van der Waals surface area contributed by atoms with Crippen molar-refractivity contribution in [2.75, 3.05) is 6.54 Å². The van der Waals surface area contributed by atoms with Gasteiger partial charge in [0.1, 0.15) is 5.82 Å². The summed E-state index contributed by atoms with van der Waals surface area (Å²) in [5.41, 5.74) is 6.03. The zero-order valence-electron chi connectivity index (χ0n) is 11.0. The third-order valence-electron chi connectivity index (χ3n) is 3.00. The molecule has 0 aliphatic rings. The van der Waals surface area contributed by atoms with Crippen LogP contribution in [-0.2, 0) is 0 Å². The van der Waals surface area contributed by atoms with Gasteiger partial charge in [-0.3, -0.25) is 4.79 Å². The van der Waals surface area contributed by atoms with Gasteiger partial charge in [0.05, 0.1) is 27.9 Å². The fourth-order valence-electron chi connectivity index (χ4n) is 2.02.